The molecule has 0 radical (unpaired) electrons. The van der Waals surface area contributed by atoms with E-state index >= 15 is 0 Å². The summed E-state index contributed by atoms with van der Waals surface area (Å²) < 4.78 is 23.3. The highest BCUT2D eigenvalue weighted by Gasteiger charge is 2.34. The van der Waals surface area contributed by atoms with Gasteiger partial charge in [0, 0.05) is 6.04 Å². The molecule has 0 bridgehead atoms. The van der Waals surface area contributed by atoms with Crippen LogP contribution in [-0.2, 0) is 9.84 Å². The number of nitrogens with one attached hydrogen (secondary N) is 1. The lowest BCUT2D eigenvalue weighted by molar-refractivity contribution is 0.400. The van der Waals surface area contributed by atoms with Gasteiger partial charge in [0.05, 0.1) is 21.6 Å². The second-order valence-corrected chi connectivity index (χ2v) is 7.92. The second kappa shape index (κ2) is 6.00. The fraction of sp³-hybridized carbons (Fsp3) is 0.538. The molecule has 0 saturated carbocycles. The van der Waals surface area contributed by atoms with Crippen LogP contribution >= 0.6 is 23.2 Å². The fourth-order valence-electron chi connectivity index (χ4n) is 2.57. The first-order valence-corrected chi connectivity index (χ1v) is 8.89. The van der Waals surface area contributed by atoms with Gasteiger partial charge in [-0.3, -0.25) is 0 Å². The van der Waals surface area contributed by atoms with Crippen molar-refractivity contribution in [3.8, 4) is 0 Å². The van der Waals surface area contributed by atoms with Gasteiger partial charge in [0.1, 0.15) is 0 Å². The van der Waals surface area contributed by atoms with Gasteiger partial charge in [0.2, 0.25) is 0 Å². The first kappa shape index (κ1) is 15.1. The summed E-state index contributed by atoms with van der Waals surface area (Å²) in [7, 11) is -2.88. The van der Waals surface area contributed by atoms with E-state index in [1.165, 1.54) is 0 Å². The molecule has 1 saturated heterocycles. The zero-order chi connectivity index (χ0) is 14.0. The van der Waals surface area contributed by atoms with E-state index in [0.717, 1.165) is 12.1 Å². The molecule has 1 aliphatic rings. The highest BCUT2D eigenvalue weighted by Crippen LogP contribution is 2.34. The second-order valence-electron chi connectivity index (χ2n) is 4.87. The molecule has 1 fully saturated rings. The predicted octanol–water partition coefficient (Wildman–Crippen LogP) is 3.08. The van der Waals surface area contributed by atoms with E-state index in [1.54, 1.807) is 6.07 Å². The minimum absolute atomic E-state index is 0.0111. The summed E-state index contributed by atoms with van der Waals surface area (Å²) in [6.45, 7) is 2.79. The van der Waals surface area contributed by atoms with Crippen LogP contribution < -0.4 is 5.32 Å². The van der Waals surface area contributed by atoms with E-state index in [-0.39, 0.29) is 23.5 Å². The number of halogens is 2. The summed E-state index contributed by atoms with van der Waals surface area (Å²) in [6.07, 6.45) is 0.695. The summed E-state index contributed by atoms with van der Waals surface area (Å²) >= 11 is 12.0. The average Bonchev–Trinajstić information content (AvgIpc) is 2.70. The van der Waals surface area contributed by atoms with Gasteiger partial charge >= 0.3 is 0 Å². The van der Waals surface area contributed by atoms with Crippen LogP contribution in [0, 0.1) is 5.92 Å². The Kier molecular flexibility index (Phi) is 4.77. The minimum Gasteiger partial charge on any atom is -0.310 e. The third-order valence-corrected chi connectivity index (χ3v) is 6.00. The molecule has 1 N–H and O–H groups in total. The Hall–Kier alpha value is -0.290. The number of benzene rings is 1. The van der Waals surface area contributed by atoms with Gasteiger partial charge in [-0.2, -0.15) is 0 Å². The van der Waals surface area contributed by atoms with Crippen LogP contribution in [0.15, 0.2) is 18.2 Å². The Balaban J connectivity index is 2.27. The average molecular weight is 322 g/mol. The molecule has 0 amide bonds. The van der Waals surface area contributed by atoms with Crippen LogP contribution in [0.2, 0.25) is 10.0 Å². The molecule has 1 aromatic carbocycles. The molecule has 1 aliphatic heterocycles. The van der Waals surface area contributed by atoms with Crippen molar-refractivity contribution in [2.45, 2.75) is 19.4 Å². The van der Waals surface area contributed by atoms with E-state index in [4.69, 9.17) is 23.2 Å². The Morgan fingerprint density at radius 3 is 2.63 bits per heavy atom. The van der Waals surface area contributed by atoms with Crippen LogP contribution in [0.5, 0.6) is 0 Å². The lowest BCUT2D eigenvalue weighted by atomic mass is 9.92. The van der Waals surface area contributed by atoms with Crippen molar-refractivity contribution in [3.05, 3.63) is 33.8 Å². The van der Waals surface area contributed by atoms with Crippen LogP contribution in [0.3, 0.4) is 0 Å². The molecular formula is C13H17Cl2NO2S. The minimum atomic E-state index is -2.88. The lowest BCUT2D eigenvalue weighted by Gasteiger charge is -2.24. The van der Waals surface area contributed by atoms with Crippen molar-refractivity contribution in [2.24, 2.45) is 5.92 Å². The maximum Gasteiger partial charge on any atom is 0.150 e. The van der Waals surface area contributed by atoms with Crippen LogP contribution in [-0.4, -0.2) is 26.5 Å². The maximum absolute atomic E-state index is 11.6. The molecule has 2 rings (SSSR count). The van der Waals surface area contributed by atoms with Gasteiger partial charge in [-0.1, -0.05) is 36.2 Å². The van der Waals surface area contributed by atoms with E-state index in [9.17, 15) is 8.42 Å². The largest absolute Gasteiger partial charge is 0.310 e. The van der Waals surface area contributed by atoms with Crippen LogP contribution in [0.4, 0.5) is 0 Å². The van der Waals surface area contributed by atoms with Crippen molar-refractivity contribution in [1.82, 2.24) is 5.32 Å². The van der Waals surface area contributed by atoms with Gasteiger partial charge in [-0.05, 0) is 36.6 Å². The molecule has 0 aromatic heterocycles. The molecule has 3 nitrogen and oxygen atoms in total. The first-order valence-electron chi connectivity index (χ1n) is 6.31. The molecule has 0 spiro atoms. The van der Waals surface area contributed by atoms with E-state index < -0.39 is 9.84 Å². The summed E-state index contributed by atoms with van der Waals surface area (Å²) in [5, 5.41) is 4.38. The molecule has 1 aromatic rings. The van der Waals surface area contributed by atoms with Crippen LogP contribution in [0.1, 0.15) is 24.9 Å². The summed E-state index contributed by atoms with van der Waals surface area (Å²) in [5.74, 6) is 0.619. The number of hydrogen-bond donors (Lipinski definition) is 1. The smallest absolute Gasteiger partial charge is 0.150 e. The summed E-state index contributed by atoms with van der Waals surface area (Å²) in [6, 6.07) is 5.50. The van der Waals surface area contributed by atoms with E-state index in [1.807, 2.05) is 19.1 Å². The van der Waals surface area contributed by atoms with Gasteiger partial charge in [-0.15, -0.1) is 0 Å². The Labute approximate surface area is 124 Å². The van der Waals surface area contributed by atoms with Gasteiger partial charge in [0.25, 0.3) is 0 Å². The van der Waals surface area contributed by atoms with Crippen molar-refractivity contribution >= 4 is 33.0 Å². The lowest BCUT2D eigenvalue weighted by Crippen LogP contribution is -2.29. The van der Waals surface area contributed by atoms with Crippen molar-refractivity contribution in [3.63, 3.8) is 0 Å². The fourth-order valence-corrected chi connectivity index (χ4v) is 4.72. The molecule has 2 atom stereocenters. The molecule has 106 valence electrons. The van der Waals surface area contributed by atoms with E-state index in [2.05, 4.69) is 5.32 Å². The van der Waals surface area contributed by atoms with Gasteiger partial charge in [0.15, 0.2) is 9.84 Å². The standard InChI is InChI=1S/C13H17Cl2NO2S/c1-2-16-13(10-5-6-19(17,18)8-10)9-3-4-11(14)12(15)7-9/h3-4,7,10,13,16H,2,5-6,8H2,1H3. The number of hydrogen-bond acceptors (Lipinski definition) is 3. The molecule has 6 heteroatoms. The molecular weight excluding hydrogens is 305 g/mol. The molecule has 0 aliphatic carbocycles. The monoisotopic (exact) mass is 321 g/mol. The zero-order valence-corrected chi connectivity index (χ0v) is 13.0. The highest BCUT2D eigenvalue weighted by molar-refractivity contribution is 7.91. The van der Waals surface area contributed by atoms with Gasteiger partial charge in [-0.25, -0.2) is 8.42 Å². The van der Waals surface area contributed by atoms with E-state index in [0.29, 0.717) is 16.5 Å². The topological polar surface area (TPSA) is 46.2 Å². The molecule has 2 unspecified atom stereocenters. The van der Waals surface area contributed by atoms with Crippen molar-refractivity contribution in [1.29, 1.82) is 0 Å². The summed E-state index contributed by atoms with van der Waals surface area (Å²) in [5.41, 5.74) is 0.998. The highest BCUT2D eigenvalue weighted by atomic mass is 35.5. The number of sulfone groups is 1. The van der Waals surface area contributed by atoms with Crippen LogP contribution in [0.25, 0.3) is 0 Å². The maximum atomic E-state index is 11.6. The first-order chi connectivity index (χ1) is 8.93. The van der Waals surface area contributed by atoms with Crippen molar-refractivity contribution < 1.29 is 8.42 Å². The SMILES string of the molecule is CCNC(c1ccc(Cl)c(Cl)c1)C1CCS(=O)(=O)C1. The quantitative estimate of drug-likeness (QED) is 0.927. The Morgan fingerprint density at radius 2 is 2.11 bits per heavy atom. The van der Waals surface area contributed by atoms with Gasteiger partial charge < -0.3 is 5.32 Å². The number of rotatable bonds is 4. The third kappa shape index (κ3) is 3.63. The Bertz CT molecular complexity index is 560. The third-order valence-electron chi connectivity index (χ3n) is 3.47. The molecule has 1 heterocycles. The summed E-state index contributed by atoms with van der Waals surface area (Å²) in [4.78, 5) is 0. The normalized spacial score (nSPS) is 23.4. The van der Waals surface area contributed by atoms with Crippen molar-refractivity contribution in [2.75, 3.05) is 18.1 Å². The predicted molar refractivity (Wildman–Crippen MR) is 79.6 cm³/mol. The zero-order valence-electron chi connectivity index (χ0n) is 10.7. The Morgan fingerprint density at radius 1 is 1.37 bits per heavy atom. The molecule has 19 heavy (non-hydrogen) atoms.